The number of fused-ring (bicyclic) bond motifs is 1. The predicted octanol–water partition coefficient (Wildman–Crippen LogP) is 7.01. The lowest BCUT2D eigenvalue weighted by Crippen LogP contribution is -1.83. The minimum atomic E-state index is 0.804. The van der Waals surface area contributed by atoms with Gasteiger partial charge in [0.05, 0.1) is 17.1 Å². The van der Waals surface area contributed by atoms with Crippen LogP contribution in [0.1, 0.15) is 5.56 Å². The van der Waals surface area contributed by atoms with Gasteiger partial charge in [0.15, 0.2) is 0 Å². The standard InChI is InChI=1S/C23H17N3/c1-2-10-21(11-3-1)25-26-22-15-13-20(14-16-22)24-17-19-9-6-8-18-7-4-5-12-23(18)19/h1-17H. The summed E-state index contributed by atoms with van der Waals surface area (Å²) in [5, 5.41) is 10.9. The second-order valence-corrected chi connectivity index (χ2v) is 5.88. The molecule has 0 atom stereocenters. The molecule has 4 aromatic rings. The van der Waals surface area contributed by atoms with Gasteiger partial charge in [-0.3, -0.25) is 4.99 Å². The van der Waals surface area contributed by atoms with Crippen molar-refractivity contribution in [1.29, 1.82) is 0 Å². The van der Waals surface area contributed by atoms with Crippen LogP contribution in [0.15, 0.2) is 112 Å². The van der Waals surface area contributed by atoms with Gasteiger partial charge in [0.1, 0.15) is 0 Å². The Hall–Kier alpha value is -3.59. The Kier molecular flexibility index (Phi) is 4.61. The van der Waals surface area contributed by atoms with E-state index in [-0.39, 0.29) is 0 Å². The topological polar surface area (TPSA) is 37.1 Å². The molecule has 0 heterocycles. The van der Waals surface area contributed by atoms with E-state index in [1.54, 1.807) is 0 Å². The van der Waals surface area contributed by atoms with Crippen molar-refractivity contribution in [1.82, 2.24) is 0 Å². The molecular weight excluding hydrogens is 318 g/mol. The van der Waals surface area contributed by atoms with Gasteiger partial charge in [-0.15, -0.1) is 0 Å². The van der Waals surface area contributed by atoms with Crippen molar-refractivity contribution in [2.75, 3.05) is 0 Å². The van der Waals surface area contributed by atoms with Gasteiger partial charge >= 0.3 is 0 Å². The molecule has 0 aliphatic rings. The van der Waals surface area contributed by atoms with Gasteiger partial charge in [0, 0.05) is 11.8 Å². The van der Waals surface area contributed by atoms with Crippen LogP contribution in [0.25, 0.3) is 10.8 Å². The van der Waals surface area contributed by atoms with E-state index in [9.17, 15) is 0 Å². The first-order chi connectivity index (χ1) is 12.9. The summed E-state index contributed by atoms with van der Waals surface area (Å²) in [4.78, 5) is 4.59. The molecule has 0 bridgehead atoms. The summed E-state index contributed by atoms with van der Waals surface area (Å²) in [5.74, 6) is 0. The van der Waals surface area contributed by atoms with Crippen LogP contribution in [0, 0.1) is 0 Å². The second kappa shape index (κ2) is 7.53. The SMILES string of the molecule is C(=Nc1ccc(N=Nc2ccccc2)cc1)c1cccc2ccccc12. The molecule has 0 N–H and O–H groups in total. The third-order valence-corrected chi connectivity index (χ3v) is 4.06. The van der Waals surface area contributed by atoms with Gasteiger partial charge in [-0.25, -0.2) is 0 Å². The molecule has 0 aliphatic carbocycles. The molecule has 124 valence electrons. The maximum Gasteiger partial charge on any atom is 0.0858 e. The van der Waals surface area contributed by atoms with E-state index in [1.807, 2.05) is 72.9 Å². The molecule has 0 amide bonds. The third-order valence-electron chi connectivity index (χ3n) is 4.06. The normalized spacial score (nSPS) is 11.5. The smallest absolute Gasteiger partial charge is 0.0858 e. The molecule has 0 aromatic heterocycles. The Morgan fingerprint density at radius 2 is 1.12 bits per heavy atom. The van der Waals surface area contributed by atoms with Crippen LogP contribution in [0.2, 0.25) is 0 Å². The molecule has 3 heteroatoms. The maximum absolute atomic E-state index is 4.59. The van der Waals surface area contributed by atoms with Crippen LogP contribution in [-0.4, -0.2) is 6.21 Å². The average Bonchev–Trinajstić information content (AvgIpc) is 2.72. The molecule has 4 aromatic carbocycles. The van der Waals surface area contributed by atoms with Crippen molar-refractivity contribution >= 4 is 34.0 Å². The molecule has 0 spiro atoms. The minimum Gasteiger partial charge on any atom is -0.256 e. The van der Waals surface area contributed by atoms with E-state index >= 15 is 0 Å². The van der Waals surface area contributed by atoms with Crippen molar-refractivity contribution < 1.29 is 0 Å². The maximum atomic E-state index is 4.59. The summed E-state index contributed by atoms with van der Waals surface area (Å²) in [5.41, 5.74) is 3.64. The van der Waals surface area contributed by atoms with E-state index in [0.29, 0.717) is 0 Å². The fourth-order valence-corrected chi connectivity index (χ4v) is 2.72. The largest absolute Gasteiger partial charge is 0.256 e. The predicted molar refractivity (Wildman–Crippen MR) is 108 cm³/mol. The lowest BCUT2D eigenvalue weighted by molar-refractivity contribution is 1.23. The molecule has 0 aliphatic heterocycles. The molecule has 4 rings (SSSR count). The fraction of sp³-hybridized carbons (Fsp3) is 0. The van der Waals surface area contributed by atoms with Crippen molar-refractivity contribution in [3.8, 4) is 0 Å². The summed E-state index contributed by atoms with van der Waals surface area (Å²) in [6.45, 7) is 0. The Bertz CT molecular complexity index is 1060. The zero-order chi connectivity index (χ0) is 17.6. The molecule has 0 saturated carbocycles. The van der Waals surface area contributed by atoms with E-state index in [2.05, 4.69) is 45.6 Å². The van der Waals surface area contributed by atoms with Gasteiger partial charge in [-0.1, -0.05) is 60.7 Å². The van der Waals surface area contributed by atoms with Gasteiger partial charge in [0.25, 0.3) is 0 Å². The molecule has 0 fully saturated rings. The van der Waals surface area contributed by atoms with Crippen LogP contribution in [0.5, 0.6) is 0 Å². The number of aliphatic imine (C=N–C) groups is 1. The van der Waals surface area contributed by atoms with Crippen molar-refractivity contribution in [2.45, 2.75) is 0 Å². The Morgan fingerprint density at radius 3 is 1.92 bits per heavy atom. The first kappa shape index (κ1) is 15.9. The van der Waals surface area contributed by atoms with Crippen molar-refractivity contribution in [3.63, 3.8) is 0 Å². The number of hydrogen-bond acceptors (Lipinski definition) is 3. The molecule has 0 saturated heterocycles. The summed E-state index contributed by atoms with van der Waals surface area (Å²) in [6, 6.07) is 32.0. The first-order valence-corrected chi connectivity index (χ1v) is 8.47. The lowest BCUT2D eigenvalue weighted by atomic mass is 10.1. The second-order valence-electron chi connectivity index (χ2n) is 5.88. The monoisotopic (exact) mass is 335 g/mol. The first-order valence-electron chi connectivity index (χ1n) is 8.47. The van der Waals surface area contributed by atoms with Crippen LogP contribution in [0.4, 0.5) is 17.1 Å². The highest BCUT2D eigenvalue weighted by atomic mass is 15.1. The molecule has 0 unspecified atom stereocenters. The highest BCUT2D eigenvalue weighted by molar-refractivity contribution is 6.00. The number of benzene rings is 4. The fourth-order valence-electron chi connectivity index (χ4n) is 2.72. The molecule has 26 heavy (non-hydrogen) atoms. The molecule has 3 nitrogen and oxygen atoms in total. The van der Waals surface area contributed by atoms with E-state index < -0.39 is 0 Å². The summed E-state index contributed by atoms with van der Waals surface area (Å²) in [7, 11) is 0. The average molecular weight is 335 g/mol. The van der Waals surface area contributed by atoms with Gasteiger partial charge < -0.3 is 0 Å². The lowest BCUT2D eigenvalue weighted by Gasteiger charge is -2.01. The zero-order valence-electron chi connectivity index (χ0n) is 14.2. The van der Waals surface area contributed by atoms with Gasteiger partial charge in [-0.05, 0) is 47.2 Å². The van der Waals surface area contributed by atoms with Crippen LogP contribution in [0.3, 0.4) is 0 Å². The molecule has 0 radical (unpaired) electrons. The quantitative estimate of drug-likeness (QED) is 0.284. The molecular formula is C23H17N3. The minimum absolute atomic E-state index is 0.804. The number of rotatable bonds is 4. The van der Waals surface area contributed by atoms with Crippen LogP contribution >= 0.6 is 0 Å². The Morgan fingerprint density at radius 1 is 0.500 bits per heavy atom. The van der Waals surface area contributed by atoms with Crippen molar-refractivity contribution in [3.05, 3.63) is 103 Å². The third kappa shape index (κ3) is 3.73. The number of nitrogens with zero attached hydrogens (tertiary/aromatic N) is 3. The summed E-state index contributed by atoms with van der Waals surface area (Å²) >= 11 is 0. The van der Waals surface area contributed by atoms with Gasteiger partial charge in [0.2, 0.25) is 0 Å². The highest BCUT2D eigenvalue weighted by Gasteiger charge is 1.97. The zero-order valence-corrected chi connectivity index (χ0v) is 14.2. The van der Waals surface area contributed by atoms with E-state index in [1.165, 1.54) is 10.8 Å². The summed E-state index contributed by atoms with van der Waals surface area (Å²) < 4.78 is 0. The summed E-state index contributed by atoms with van der Waals surface area (Å²) in [6.07, 6.45) is 1.91. The van der Waals surface area contributed by atoms with Crippen LogP contribution < -0.4 is 0 Å². The highest BCUT2D eigenvalue weighted by Crippen LogP contribution is 2.22. The number of hydrogen-bond donors (Lipinski definition) is 0. The Balaban J connectivity index is 1.52. The van der Waals surface area contributed by atoms with E-state index in [4.69, 9.17) is 0 Å². The van der Waals surface area contributed by atoms with Crippen molar-refractivity contribution in [2.24, 2.45) is 15.2 Å². The van der Waals surface area contributed by atoms with Crippen LogP contribution in [-0.2, 0) is 0 Å². The number of azo groups is 1. The van der Waals surface area contributed by atoms with E-state index in [0.717, 1.165) is 22.6 Å². The Labute approximate surface area is 152 Å². The van der Waals surface area contributed by atoms with Gasteiger partial charge in [-0.2, -0.15) is 10.2 Å².